The maximum atomic E-state index is 5.82. The van der Waals surface area contributed by atoms with E-state index in [2.05, 4.69) is 29.5 Å². The summed E-state index contributed by atoms with van der Waals surface area (Å²) in [4.78, 5) is 0. The molecule has 1 aliphatic rings. The SMILES string of the molecule is CC(C)CNCc1cn(CCOC2CCOCC2)nn1. The van der Waals surface area contributed by atoms with E-state index in [0.29, 0.717) is 18.6 Å². The van der Waals surface area contributed by atoms with E-state index in [1.54, 1.807) is 0 Å². The maximum absolute atomic E-state index is 5.82. The van der Waals surface area contributed by atoms with Crippen LogP contribution in [0.25, 0.3) is 0 Å². The summed E-state index contributed by atoms with van der Waals surface area (Å²) in [7, 11) is 0. The fourth-order valence-electron chi connectivity index (χ4n) is 2.17. The van der Waals surface area contributed by atoms with Gasteiger partial charge in [0.05, 0.1) is 24.9 Å². The molecule has 1 aromatic heterocycles. The van der Waals surface area contributed by atoms with Gasteiger partial charge in [-0.2, -0.15) is 0 Å². The van der Waals surface area contributed by atoms with E-state index in [0.717, 1.165) is 51.4 Å². The van der Waals surface area contributed by atoms with Crippen molar-refractivity contribution in [2.75, 3.05) is 26.4 Å². The molecule has 114 valence electrons. The second-order valence-electron chi connectivity index (χ2n) is 5.68. The topological polar surface area (TPSA) is 61.2 Å². The van der Waals surface area contributed by atoms with Crippen LogP contribution in [-0.4, -0.2) is 47.5 Å². The molecule has 20 heavy (non-hydrogen) atoms. The van der Waals surface area contributed by atoms with E-state index in [1.807, 2.05) is 10.9 Å². The fraction of sp³-hybridized carbons (Fsp3) is 0.857. The zero-order valence-electron chi connectivity index (χ0n) is 12.5. The van der Waals surface area contributed by atoms with E-state index in [4.69, 9.17) is 9.47 Å². The maximum Gasteiger partial charge on any atom is 0.0964 e. The highest BCUT2D eigenvalue weighted by Gasteiger charge is 2.13. The van der Waals surface area contributed by atoms with Crippen LogP contribution < -0.4 is 5.32 Å². The van der Waals surface area contributed by atoms with Gasteiger partial charge in [-0.15, -0.1) is 5.10 Å². The molecule has 0 aliphatic carbocycles. The van der Waals surface area contributed by atoms with E-state index in [1.165, 1.54) is 0 Å². The predicted molar refractivity (Wildman–Crippen MR) is 76.4 cm³/mol. The summed E-state index contributed by atoms with van der Waals surface area (Å²) in [5, 5.41) is 11.6. The molecule has 0 atom stereocenters. The largest absolute Gasteiger partial charge is 0.381 e. The molecule has 0 unspecified atom stereocenters. The van der Waals surface area contributed by atoms with Crippen LogP contribution in [0.2, 0.25) is 0 Å². The summed E-state index contributed by atoms with van der Waals surface area (Å²) in [6.45, 7) is 9.24. The van der Waals surface area contributed by atoms with E-state index in [9.17, 15) is 0 Å². The molecule has 1 fully saturated rings. The number of nitrogens with one attached hydrogen (secondary N) is 1. The van der Waals surface area contributed by atoms with Gasteiger partial charge in [-0.1, -0.05) is 19.1 Å². The van der Waals surface area contributed by atoms with Gasteiger partial charge >= 0.3 is 0 Å². The molecule has 1 saturated heterocycles. The minimum atomic E-state index is 0.347. The normalized spacial score (nSPS) is 16.9. The van der Waals surface area contributed by atoms with Gasteiger partial charge < -0.3 is 14.8 Å². The van der Waals surface area contributed by atoms with Crippen LogP contribution >= 0.6 is 0 Å². The average Bonchev–Trinajstić information content (AvgIpc) is 2.87. The number of hydrogen-bond donors (Lipinski definition) is 1. The quantitative estimate of drug-likeness (QED) is 0.777. The molecule has 1 N–H and O–H groups in total. The molecule has 0 amide bonds. The number of aromatic nitrogens is 3. The summed E-state index contributed by atoms with van der Waals surface area (Å²) in [6, 6.07) is 0. The Balaban J connectivity index is 1.62. The van der Waals surface area contributed by atoms with Gasteiger partial charge in [0.15, 0.2) is 0 Å². The minimum absolute atomic E-state index is 0.347. The molecule has 0 spiro atoms. The molecule has 0 radical (unpaired) electrons. The average molecular weight is 282 g/mol. The van der Waals surface area contributed by atoms with Gasteiger partial charge in [0.1, 0.15) is 0 Å². The third-order valence-corrected chi connectivity index (χ3v) is 3.29. The third kappa shape index (κ3) is 5.56. The van der Waals surface area contributed by atoms with Crippen molar-refractivity contribution in [3.05, 3.63) is 11.9 Å². The molecule has 1 aromatic rings. The molecule has 1 aliphatic heterocycles. The van der Waals surface area contributed by atoms with Crippen molar-refractivity contribution in [1.29, 1.82) is 0 Å². The summed E-state index contributed by atoms with van der Waals surface area (Å²) in [5.41, 5.74) is 0.983. The van der Waals surface area contributed by atoms with Crippen LogP contribution in [0, 0.1) is 5.92 Å². The van der Waals surface area contributed by atoms with Gasteiger partial charge in [-0.3, -0.25) is 0 Å². The van der Waals surface area contributed by atoms with Crippen molar-refractivity contribution >= 4 is 0 Å². The molecule has 0 bridgehead atoms. The smallest absolute Gasteiger partial charge is 0.0964 e. The Kier molecular flexibility index (Phi) is 6.42. The molecule has 0 saturated carbocycles. The Morgan fingerprint density at radius 2 is 2.25 bits per heavy atom. The Bertz CT molecular complexity index is 375. The summed E-state index contributed by atoms with van der Waals surface area (Å²) >= 11 is 0. The number of ether oxygens (including phenoxy) is 2. The summed E-state index contributed by atoms with van der Waals surface area (Å²) in [6.07, 6.45) is 4.34. The Morgan fingerprint density at radius 3 is 3.00 bits per heavy atom. The standard InChI is InChI=1S/C14H26N4O2/c1-12(2)9-15-10-13-11-18(17-16-13)5-8-20-14-3-6-19-7-4-14/h11-12,14-15H,3-10H2,1-2H3. The lowest BCUT2D eigenvalue weighted by molar-refractivity contribution is -0.0345. The van der Waals surface area contributed by atoms with Crippen molar-refractivity contribution in [3.63, 3.8) is 0 Å². The van der Waals surface area contributed by atoms with Crippen LogP contribution in [0.1, 0.15) is 32.4 Å². The molecule has 2 rings (SSSR count). The first-order chi connectivity index (χ1) is 9.74. The number of nitrogens with zero attached hydrogens (tertiary/aromatic N) is 3. The molecule has 6 nitrogen and oxygen atoms in total. The van der Waals surface area contributed by atoms with Crippen molar-refractivity contribution in [3.8, 4) is 0 Å². The summed E-state index contributed by atoms with van der Waals surface area (Å²) in [5.74, 6) is 0.651. The van der Waals surface area contributed by atoms with Crippen LogP contribution in [-0.2, 0) is 22.6 Å². The minimum Gasteiger partial charge on any atom is -0.381 e. The van der Waals surface area contributed by atoms with Crippen LogP contribution in [0.4, 0.5) is 0 Å². The fourth-order valence-corrected chi connectivity index (χ4v) is 2.17. The molecule has 6 heteroatoms. The second kappa shape index (κ2) is 8.34. The first-order valence-electron chi connectivity index (χ1n) is 7.53. The van der Waals surface area contributed by atoms with Crippen molar-refractivity contribution < 1.29 is 9.47 Å². The van der Waals surface area contributed by atoms with Crippen molar-refractivity contribution in [1.82, 2.24) is 20.3 Å². The zero-order chi connectivity index (χ0) is 14.2. The first kappa shape index (κ1) is 15.4. The summed E-state index contributed by atoms with van der Waals surface area (Å²) < 4.78 is 13.0. The lowest BCUT2D eigenvalue weighted by atomic mass is 10.2. The molecule has 2 heterocycles. The zero-order valence-corrected chi connectivity index (χ0v) is 12.5. The van der Waals surface area contributed by atoms with E-state index < -0.39 is 0 Å². The van der Waals surface area contributed by atoms with Gasteiger partial charge in [0.25, 0.3) is 0 Å². The van der Waals surface area contributed by atoms with Gasteiger partial charge in [0, 0.05) is 26.0 Å². The highest BCUT2D eigenvalue weighted by molar-refractivity contribution is 4.91. The highest BCUT2D eigenvalue weighted by Crippen LogP contribution is 2.10. The lowest BCUT2D eigenvalue weighted by Gasteiger charge is -2.22. The molecular formula is C14H26N4O2. The molecule has 0 aromatic carbocycles. The van der Waals surface area contributed by atoms with Gasteiger partial charge in [0.2, 0.25) is 0 Å². The van der Waals surface area contributed by atoms with E-state index >= 15 is 0 Å². The Hall–Kier alpha value is -0.980. The Labute approximate surface area is 120 Å². The predicted octanol–water partition coefficient (Wildman–Crippen LogP) is 1.22. The molecular weight excluding hydrogens is 256 g/mol. The number of hydrogen-bond acceptors (Lipinski definition) is 5. The first-order valence-corrected chi connectivity index (χ1v) is 7.53. The van der Waals surface area contributed by atoms with Crippen LogP contribution in [0.5, 0.6) is 0 Å². The van der Waals surface area contributed by atoms with Crippen LogP contribution in [0.15, 0.2) is 6.20 Å². The van der Waals surface area contributed by atoms with Crippen molar-refractivity contribution in [2.24, 2.45) is 5.92 Å². The second-order valence-corrected chi connectivity index (χ2v) is 5.68. The van der Waals surface area contributed by atoms with E-state index in [-0.39, 0.29) is 0 Å². The number of rotatable bonds is 8. The highest BCUT2D eigenvalue weighted by atomic mass is 16.5. The third-order valence-electron chi connectivity index (χ3n) is 3.29. The van der Waals surface area contributed by atoms with Gasteiger partial charge in [-0.05, 0) is 25.3 Å². The lowest BCUT2D eigenvalue weighted by Crippen LogP contribution is -2.24. The Morgan fingerprint density at radius 1 is 1.45 bits per heavy atom. The van der Waals surface area contributed by atoms with Gasteiger partial charge in [-0.25, -0.2) is 4.68 Å². The monoisotopic (exact) mass is 282 g/mol. The van der Waals surface area contributed by atoms with Crippen molar-refractivity contribution in [2.45, 2.75) is 45.9 Å². The van der Waals surface area contributed by atoms with Crippen LogP contribution in [0.3, 0.4) is 0 Å².